The lowest BCUT2D eigenvalue weighted by Crippen LogP contribution is -1.97. The smallest absolute Gasteiger partial charge is 0.311 e. The van der Waals surface area contributed by atoms with E-state index >= 15 is 0 Å². The highest BCUT2D eigenvalue weighted by molar-refractivity contribution is 7.97. The van der Waals surface area contributed by atoms with Gasteiger partial charge in [-0.1, -0.05) is 0 Å². The van der Waals surface area contributed by atoms with E-state index in [-0.39, 0.29) is 6.42 Å². The van der Waals surface area contributed by atoms with Crippen molar-refractivity contribution in [3.8, 4) is 0 Å². The molecule has 0 aromatic carbocycles. The van der Waals surface area contributed by atoms with Crippen LogP contribution in [0.15, 0.2) is 39.4 Å². The van der Waals surface area contributed by atoms with Crippen LogP contribution in [0, 0.1) is 0 Å². The van der Waals surface area contributed by atoms with Gasteiger partial charge >= 0.3 is 5.97 Å². The molecule has 0 fully saturated rings. The number of hydrogen-bond donors (Lipinski definition) is 1. The van der Waals surface area contributed by atoms with Crippen molar-refractivity contribution in [2.24, 2.45) is 0 Å². The minimum Gasteiger partial charge on any atom is -0.481 e. The van der Waals surface area contributed by atoms with Gasteiger partial charge in [-0.3, -0.25) is 4.79 Å². The fourth-order valence-corrected chi connectivity index (χ4v) is 2.21. The van der Waals surface area contributed by atoms with Gasteiger partial charge in [0.1, 0.15) is 23.7 Å². The minimum atomic E-state index is -0.880. The Morgan fingerprint density at radius 1 is 1.18 bits per heavy atom. The van der Waals surface area contributed by atoms with Gasteiger partial charge in [-0.15, -0.1) is 11.8 Å². The summed E-state index contributed by atoms with van der Waals surface area (Å²) in [6, 6.07) is 7.29. The average Bonchev–Trinajstić information content (AvgIpc) is 2.89. The number of carboxylic acids is 1. The van der Waals surface area contributed by atoms with Crippen LogP contribution >= 0.6 is 11.8 Å². The molecule has 0 aliphatic heterocycles. The zero-order valence-corrected chi connectivity index (χ0v) is 9.90. The molecule has 1 N–H and O–H groups in total. The molecular formula is C12H12O4S. The zero-order valence-electron chi connectivity index (χ0n) is 9.09. The zero-order chi connectivity index (χ0) is 12.1. The molecule has 17 heavy (non-hydrogen) atoms. The van der Waals surface area contributed by atoms with Gasteiger partial charge in [-0.05, 0) is 24.3 Å². The van der Waals surface area contributed by atoms with E-state index in [1.54, 1.807) is 24.1 Å². The quantitative estimate of drug-likeness (QED) is 0.856. The van der Waals surface area contributed by atoms with Gasteiger partial charge < -0.3 is 13.9 Å². The Balaban J connectivity index is 1.79. The fourth-order valence-electron chi connectivity index (χ4n) is 1.39. The van der Waals surface area contributed by atoms with Crippen molar-refractivity contribution in [2.75, 3.05) is 0 Å². The van der Waals surface area contributed by atoms with E-state index < -0.39 is 5.97 Å². The number of thioether (sulfide) groups is 1. The molecule has 4 nitrogen and oxygen atoms in total. The SMILES string of the molecule is O=C(O)Cc1ccc(CSCc2ccco2)o1. The van der Waals surface area contributed by atoms with Crippen LogP contribution in [0.1, 0.15) is 17.3 Å². The van der Waals surface area contributed by atoms with Crippen LogP contribution in [0.4, 0.5) is 0 Å². The Kier molecular flexibility index (Phi) is 3.93. The second kappa shape index (κ2) is 5.63. The third kappa shape index (κ3) is 3.71. The molecule has 2 heterocycles. The summed E-state index contributed by atoms with van der Waals surface area (Å²) in [5.74, 6) is 2.81. The first kappa shape index (κ1) is 11.9. The number of hydrogen-bond acceptors (Lipinski definition) is 4. The highest BCUT2D eigenvalue weighted by Crippen LogP contribution is 2.19. The Morgan fingerprint density at radius 2 is 1.94 bits per heavy atom. The number of furan rings is 2. The molecule has 0 saturated heterocycles. The normalized spacial score (nSPS) is 10.6. The van der Waals surface area contributed by atoms with E-state index in [9.17, 15) is 4.79 Å². The maximum atomic E-state index is 10.5. The molecule has 5 heteroatoms. The van der Waals surface area contributed by atoms with Gasteiger partial charge in [0.2, 0.25) is 0 Å². The summed E-state index contributed by atoms with van der Waals surface area (Å²) in [6.07, 6.45) is 1.58. The highest BCUT2D eigenvalue weighted by atomic mass is 32.2. The van der Waals surface area contributed by atoms with Crippen molar-refractivity contribution in [3.05, 3.63) is 47.8 Å². The lowest BCUT2D eigenvalue weighted by Gasteiger charge is -1.96. The third-order valence-electron chi connectivity index (χ3n) is 2.11. The maximum Gasteiger partial charge on any atom is 0.311 e. The second-order valence-electron chi connectivity index (χ2n) is 3.51. The van der Waals surface area contributed by atoms with E-state index in [0.29, 0.717) is 11.5 Å². The van der Waals surface area contributed by atoms with Crippen molar-refractivity contribution in [1.29, 1.82) is 0 Å². The molecule has 0 amide bonds. The summed E-state index contributed by atoms with van der Waals surface area (Å²) in [6.45, 7) is 0. The Morgan fingerprint density at radius 3 is 2.65 bits per heavy atom. The Hall–Kier alpha value is -1.62. The van der Waals surface area contributed by atoms with Gasteiger partial charge in [0, 0.05) is 0 Å². The van der Waals surface area contributed by atoms with Crippen LogP contribution in [0.5, 0.6) is 0 Å². The van der Waals surface area contributed by atoms with Crippen molar-refractivity contribution in [1.82, 2.24) is 0 Å². The topological polar surface area (TPSA) is 63.6 Å². The summed E-state index contributed by atoms with van der Waals surface area (Å²) in [7, 11) is 0. The number of rotatable bonds is 6. The van der Waals surface area contributed by atoms with Crippen molar-refractivity contribution in [3.63, 3.8) is 0 Å². The highest BCUT2D eigenvalue weighted by Gasteiger charge is 2.06. The summed E-state index contributed by atoms with van der Waals surface area (Å²) in [5, 5.41) is 8.60. The molecule has 90 valence electrons. The molecular weight excluding hydrogens is 240 g/mol. The van der Waals surface area contributed by atoms with Crippen LogP contribution in [0.25, 0.3) is 0 Å². The summed E-state index contributed by atoms with van der Waals surface area (Å²) in [5.41, 5.74) is 0. The van der Waals surface area contributed by atoms with E-state index in [1.807, 2.05) is 18.2 Å². The molecule has 2 aromatic rings. The van der Waals surface area contributed by atoms with E-state index in [1.165, 1.54) is 0 Å². The van der Waals surface area contributed by atoms with Crippen molar-refractivity contribution < 1.29 is 18.7 Å². The van der Waals surface area contributed by atoms with Crippen LogP contribution < -0.4 is 0 Å². The first-order valence-electron chi connectivity index (χ1n) is 5.13. The second-order valence-corrected chi connectivity index (χ2v) is 4.50. The summed E-state index contributed by atoms with van der Waals surface area (Å²) < 4.78 is 10.6. The first-order valence-corrected chi connectivity index (χ1v) is 6.29. The largest absolute Gasteiger partial charge is 0.481 e. The predicted molar refractivity (Wildman–Crippen MR) is 63.8 cm³/mol. The van der Waals surface area contributed by atoms with Gasteiger partial charge in [-0.2, -0.15) is 0 Å². The molecule has 0 radical (unpaired) electrons. The predicted octanol–water partition coefficient (Wildman–Crippen LogP) is 2.93. The molecule has 0 aliphatic carbocycles. The van der Waals surface area contributed by atoms with Crippen LogP contribution in [-0.2, 0) is 22.7 Å². The third-order valence-corrected chi connectivity index (χ3v) is 3.09. The molecule has 2 rings (SSSR count). The lowest BCUT2D eigenvalue weighted by atomic mass is 10.3. The van der Waals surface area contributed by atoms with Crippen molar-refractivity contribution >= 4 is 17.7 Å². The number of carboxylic acid groups (broad SMARTS) is 1. The van der Waals surface area contributed by atoms with Crippen LogP contribution in [0.2, 0.25) is 0 Å². The van der Waals surface area contributed by atoms with Gasteiger partial charge in [0.25, 0.3) is 0 Å². The standard InChI is InChI=1S/C12H12O4S/c13-12(14)6-9-3-4-11(16-9)8-17-7-10-2-1-5-15-10/h1-5H,6-8H2,(H,13,14). The summed E-state index contributed by atoms with van der Waals surface area (Å²) >= 11 is 1.66. The Bertz CT molecular complexity index is 472. The van der Waals surface area contributed by atoms with Crippen LogP contribution in [-0.4, -0.2) is 11.1 Å². The molecule has 2 aromatic heterocycles. The molecule has 0 unspecified atom stereocenters. The average molecular weight is 252 g/mol. The van der Waals surface area contributed by atoms with Gasteiger partial charge in [0.15, 0.2) is 0 Å². The molecule has 0 saturated carbocycles. The lowest BCUT2D eigenvalue weighted by molar-refractivity contribution is -0.136. The van der Waals surface area contributed by atoms with Gasteiger partial charge in [-0.25, -0.2) is 0 Å². The maximum absolute atomic E-state index is 10.5. The minimum absolute atomic E-state index is 0.0666. The first-order chi connectivity index (χ1) is 8.24. The summed E-state index contributed by atoms with van der Waals surface area (Å²) in [4.78, 5) is 10.5. The molecule has 0 bridgehead atoms. The number of aliphatic carboxylic acids is 1. The monoisotopic (exact) mass is 252 g/mol. The van der Waals surface area contributed by atoms with Crippen LogP contribution in [0.3, 0.4) is 0 Å². The van der Waals surface area contributed by atoms with E-state index in [2.05, 4.69) is 0 Å². The Labute approximate surface area is 103 Å². The molecule has 0 spiro atoms. The fraction of sp³-hybridized carbons (Fsp3) is 0.250. The van der Waals surface area contributed by atoms with Crippen molar-refractivity contribution in [2.45, 2.75) is 17.9 Å². The van der Waals surface area contributed by atoms with E-state index in [0.717, 1.165) is 17.3 Å². The van der Waals surface area contributed by atoms with E-state index in [4.69, 9.17) is 13.9 Å². The molecule has 0 aliphatic rings. The molecule has 0 atom stereocenters. The van der Waals surface area contributed by atoms with Gasteiger partial charge in [0.05, 0.1) is 17.8 Å². The number of carbonyl (C=O) groups is 1.